The molecule has 0 aliphatic rings. The molecule has 4 aromatic carbocycles. The van der Waals surface area contributed by atoms with Crippen molar-refractivity contribution in [3.8, 4) is 11.3 Å². The van der Waals surface area contributed by atoms with Gasteiger partial charge in [0.25, 0.3) is 17.5 Å². The van der Waals surface area contributed by atoms with Gasteiger partial charge < -0.3 is 16.0 Å². The number of nitrogens with one attached hydrogen (secondary N) is 3. The number of nitro groups is 1. The Morgan fingerprint density at radius 3 is 2.36 bits per heavy atom. The number of hydrogen-bond donors (Lipinski definition) is 3. The average Bonchev–Trinajstić information content (AvgIpc) is 3.53. The van der Waals surface area contributed by atoms with Gasteiger partial charge in [0.1, 0.15) is 5.70 Å². The van der Waals surface area contributed by atoms with Crippen molar-refractivity contribution < 1.29 is 19.3 Å². The Balaban J connectivity index is 1.21. The quantitative estimate of drug-likeness (QED) is 0.0623. The van der Waals surface area contributed by atoms with Crippen LogP contribution in [0.3, 0.4) is 0 Å². The molecule has 5 aromatic rings. The molecule has 0 radical (unpaired) electrons. The Labute approximate surface area is 266 Å². The van der Waals surface area contributed by atoms with Crippen LogP contribution in [0.4, 0.5) is 16.5 Å². The van der Waals surface area contributed by atoms with Crippen LogP contribution in [0.1, 0.15) is 15.9 Å². The number of benzene rings is 4. The molecule has 1 heterocycles. The van der Waals surface area contributed by atoms with E-state index in [0.29, 0.717) is 27.6 Å². The van der Waals surface area contributed by atoms with E-state index < -0.39 is 16.7 Å². The summed E-state index contributed by atoms with van der Waals surface area (Å²) in [5.41, 5.74) is 2.77. The Morgan fingerprint density at radius 1 is 0.867 bits per heavy atom. The maximum absolute atomic E-state index is 13.3. The van der Waals surface area contributed by atoms with Crippen LogP contribution in [0.2, 0.25) is 0 Å². The zero-order chi connectivity index (χ0) is 31.6. The van der Waals surface area contributed by atoms with Gasteiger partial charge in [0.15, 0.2) is 5.13 Å². The highest BCUT2D eigenvalue weighted by molar-refractivity contribution is 8.00. The minimum absolute atomic E-state index is 0.0405. The van der Waals surface area contributed by atoms with Gasteiger partial charge in [0, 0.05) is 39.2 Å². The van der Waals surface area contributed by atoms with E-state index in [0.717, 1.165) is 10.5 Å². The molecule has 224 valence electrons. The first-order chi connectivity index (χ1) is 21.8. The van der Waals surface area contributed by atoms with Crippen molar-refractivity contribution in [2.24, 2.45) is 0 Å². The first kappa shape index (κ1) is 30.9. The largest absolute Gasteiger partial charge is 0.321 e. The fourth-order valence-electron chi connectivity index (χ4n) is 4.07. The standard InChI is InChI=1S/C33H25N5O5S2/c39-30(37-33-36-29(20-45-33)24-13-7-15-26(18-24)38(42)43)21-44-27-16-8-14-25(19-27)34-32(41)28(17-22-9-3-1-4-10-22)35-31(40)23-11-5-2-6-12-23/h1-20H,21H2,(H,34,41)(H,35,40)(H,36,37,39)/b28-17-. The summed E-state index contributed by atoms with van der Waals surface area (Å²) < 4.78 is 0. The van der Waals surface area contributed by atoms with Gasteiger partial charge in [-0.3, -0.25) is 24.5 Å². The predicted octanol–water partition coefficient (Wildman–Crippen LogP) is 6.86. The molecule has 0 unspecified atom stereocenters. The molecule has 0 aliphatic heterocycles. The number of amides is 3. The molecule has 45 heavy (non-hydrogen) atoms. The van der Waals surface area contributed by atoms with Crippen LogP contribution < -0.4 is 16.0 Å². The molecule has 12 heteroatoms. The summed E-state index contributed by atoms with van der Waals surface area (Å²) in [6.45, 7) is 0. The number of nitro benzene ring substituents is 1. The van der Waals surface area contributed by atoms with Crippen molar-refractivity contribution in [2.45, 2.75) is 4.90 Å². The van der Waals surface area contributed by atoms with Crippen molar-refractivity contribution in [1.82, 2.24) is 10.3 Å². The summed E-state index contributed by atoms with van der Waals surface area (Å²) in [6, 6.07) is 30.9. The minimum atomic E-state index is -0.508. The summed E-state index contributed by atoms with van der Waals surface area (Å²) in [5, 5.41) is 21.5. The summed E-state index contributed by atoms with van der Waals surface area (Å²) in [5.74, 6) is -1.13. The van der Waals surface area contributed by atoms with E-state index in [2.05, 4.69) is 20.9 Å². The van der Waals surface area contributed by atoms with Crippen LogP contribution in [0.5, 0.6) is 0 Å². The van der Waals surface area contributed by atoms with Crippen molar-refractivity contribution >= 4 is 63.4 Å². The second kappa shape index (κ2) is 14.7. The van der Waals surface area contributed by atoms with Crippen LogP contribution in [-0.4, -0.2) is 33.4 Å². The second-order valence-electron chi connectivity index (χ2n) is 9.45. The number of aromatic nitrogens is 1. The molecule has 0 spiro atoms. The maximum Gasteiger partial charge on any atom is 0.272 e. The van der Waals surface area contributed by atoms with E-state index in [1.165, 1.54) is 35.2 Å². The Hall–Kier alpha value is -5.59. The van der Waals surface area contributed by atoms with Crippen LogP contribution in [0.25, 0.3) is 17.3 Å². The van der Waals surface area contributed by atoms with Crippen molar-refractivity contribution in [3.05, 3.63) is 142 Å². The van der Waals surface area contributed by atoms with Crippen LogP contribution in [0, 0.1) is 10.1 Å². The number of nitrogens with zero attached hydrogens (tertiary/aromatic N) is 2. The van der Waals surface area contributed by atoms with Crippen LogP contribution in [-0.2, 0) is 9.59 Å². The number of carbonyl (C=O) groups is 3. The third-order valence-electron chi connectivity index (χ3n) is 6.20. The first-order valence-corrected chi connectivity index (χ1v) is 15.4. The fraction of sp³-hybridized carbons (Fsp3) is 0.0303. The lowest BCUT2D eigenvalue weighted by Crippen LogP contribution is -2.30. The van der Waals surface area contributed by atoms with Crippen LogP contribution >= 0.6 is 23.1 Å². The molecule has 0 saturated heterocycles. The zero-order valence-corrected chi connectivity index (χ0v) is 25.1. The predicted molar refractivity (Wildman–Crippen MR) is 177 cm³/mol. The summed E-state index contributed by atoms with van der Waals surface area (Å²) in [6.07, 6.45) is 1.60. The van der Waals surface area contributed by atoms with E-state index >= 15 is 0 Å². The van der Waals surface area contributed by atoms with Gasteiger partial charge in [-0.2, -0.15) is 0 Å². The lowest BCUT2D eigenvalue weighted by molar-refractivity contribution is -0.384. The van der Waals surface area contributed by atoms with E-state index in [1.807, 2.05) is 36.4 Å². The molecule has 0 aliphatic carbocycles. The lowest BCUT2D eigenvalue weighted by atomic mass is 10.1. The Kier molecular flexibility index (Phi) is 10.1. The number of rotatable bonds is 11. The van der Waals surface area contributed by atoms with Crippen molar-refractivity contribution in [1.29, 1.82) is 0 Å². The van der Waals surface area contributed by atoms with Gasteiger partial charge >= 0.3 is 0 Å². The van der Waals surface area contributed by atoms with E-state index in [-0.39, 0.29) is 23.0 Å². The van der Waals surface area contributed by atoms with Gasteiger partial charge in [-0.1, -0.05) is 66.7 Å². The Morgan fingerprint density at radius 2 is 1.60 bits per heavy atom. The van der Waals surface area contributed by atoms with Gasteiger partial charge in [-0.05, 0) is 42.0 Å². The number of hydrogen-bond acceptors (Lipinski definition) is 8. The van der Waals surface area contributed by atoms with E-state index in [1.54, 1.807) is 72.1 Å². The molecule has 5 rings (SSSR count). The molecule has 3 amide bonds. The van der Waals surface area contributed by atoms with Gasteiger partial charge in [0.2, 0.25) is 5.91 Å². The lowest BCUT2D eigenvalue weighted by Gasteiger charge is -2.12. The highest BCUT2D eigenvalue weighted by Crippen LogP contribution is 2.28. The number of carbonyl (C=O) groups excluding carboxylic acids is 3. The van der Waals surface area contributed by atoms with Crippen LogP contribution in [0.15, 0.2) is 125 Å². The molecule has 0 saturated carbocycles. The summed E-state index contributed by atoms with van der Waals surface area (Å²) >= 11 is 2.49. The van der Waals surface area contributed by atoms with Crippen molar-refractivity contribution in [3.63, 3.8) is 0 Å². The normalized spacial score (nSPS) is 11.0. The van der Waals surface area contributed by atoms with Gasteiger partial charge in [0.05, 0.1) is 16.4 Å². The smallest absolute Gasteiger partial charge is 0.272 e. The molecule has 3 N–H and O–H groups in total. The number of non-ortho nitro benzene ring substituents is 1. The molecule has 1 aromatic heterocycles. The highest BCUT2D eigenvalue weighted by Gasteiger charge is 2.16. The van der Waals surface area contributed by atoms with Gasteiger partial charge in [-0.25, -0.2) is 4.98 Å². The highest BCUT2D eigenvalue weighted by atomic mass is 32.2. The minimum Gasteiger partial charge on any atom is -0.321 e. The summed E-state index contributed by atoms with van der Waals surface area (Å²) in [7, 11) is 0. The van der Waals surface area contributed by atoms with E-state index in [9.17, 15) is 24.5 Å². The molecule has 0 bridgehead atoms. The maximum atomic E-state index is 13.3. The first-order valence-electron chi connectivity index (χ1n) is 13.5. The monoisotopic (exact) mass is 635 g/mol. The molecular formula is C33H25N5O5S2. The zero-order valence-electron chi connectivity index (χ0n) is 23.5. The molecular weight excluding hydrogens is 611 g/mol. The third kappa shape index (κ3) is 8.72. The third-order valence-corrected chi connectivity index (χ3v) is 7.96. The van der Waals surface area contributed by atoms with E-state index in [4.69, 9.17) is 0 Å². The SMILES string of the molecule is O=C(CSc1cccc(NC(=O)/C(=C/c2ccccc2)NC(=O)c2ccccc2)c1)Nc1nc(-c2cccc([N+](=O)[O-])c2)cs1. The van der Waals surface area contributed by atoms with Crippen molar-refractivity contribution in [2.75, 3.05) is 16.4 Å². The molecule has 0 fully saturated rings. The number of thiazole rings is 1. The number of thioether (sulfide) groups is 1. The van der Waals surface area contributed by atoms with Gasteiger partial charge in [-0.15, -0.1) is 23.1 Å². The second-order valence-corrected chi connectivity index (χ2v) is 11.4. The molecule has 0 atom stereocenters. The number of anilines is 2. The molecule has 10 nitrogen and oxygen atoms in total. The topological polar surface area (TPSA) is 143 Å². The summed E-state index contributed by atoms with van der Waals surface area (Å²) in [4.78, 5) is 54.5. The Bertz CT molecular complexity index is 1880. The average molecular weight is 636 g/mol. The fourth-order valence-corrected chi connectivity index (χ4v) is 5.56.